The first kappa shape index (κ1) is 20.3. The van der Waals surface area contributed by atoms with E-state index in [2.05, 4.69) is 76.5 Å². The zero-order valence-electron chi connectivity index (χ0n) is 15.7. The number of rotatable bonds is 5. The van der Waals surface area contributed by atoms with E-state index in [9.17, 15) is 10.2 Å². The van der Waals surface area contributed by atoms with Gasteiger partial charge in [-0.3, -0.25) is 5.10 Å². The molecule has 2 heterocycles. The lowest BCUT2D eigenvalue weighted by Crippen LogP contribution is -2.42. The summed E-state index contributed by atoms with van der Waals surface area (Å²) in [6.07, 6.45) is 3.87. The molecule has 4 rings (SSSR count). The van der Waals surface area contributed by atoms with E-state index in [4.69, 9.17) is 0 Å². The van der Waals surface area contributed by atoms with Gasteiger partial charge in [0, 0.05) is 41.8 Å². The van der Waals surface area contributed by atoms with Crippen LogP contribution in [-0.4, -0.2) is 39.5 Å². The fraction of sp³-hybridized carbons (Fsp3) is 0.286. The van der Waals surface area contributed by atoms with Crippen LogP contribution >= 0.6 is 31.9 Å². The van der Waals surface area contributed by atoms with Crippen molar-refractivity contribution < 1.29 is 10.2 Å². The topological polar surface area (TPSA) is 84.4 Å². The van der Waals surface area contributed by atoms with E-state index in [1.165, 1.54) is 11.6 Å². The smallest absolute Gasteiger partial charge is 0.133 e. The van der Waals surface area contributed by atoms with Gasteiger partial charge in [0.05, 0.1) is 22.1 Å². The number of nitrogens with zero attached hydrogens (tertiary/aromatic N) is 2. The second-order valence-electron chi connectivity index (χ2n) is 7.22. The van der Waals surface area contributed by atoms with E-state index in [1.807, 2.05) is 0 Å². The largest absolute Gasteiger partial charge is 0.507 e. The van der Waals surface area contributed by atoms with E-state index in [0.29, 0.717) is 16.1 Å². The number of aromatic amines is 1. The van der Waals surface area contributed by atoms with Crippen molar-refractivity contribution in [3.8, 4) is 22.8 Å². The van der Waals surface area contributed by atoms with Gasteiger partial charge in [0.15, 0.2) is 0 Å². The van der Waals surface area contributed by atoms with E-state index in [-0.39, 0.29) is 11.5 Å². The molecule has 1 saturated heterocycles. The predicted octanol–water partition coefficient (Wildman–Crippen LogP) is 4.77. The summed E-state index contributed by atoms with van der Waals surface area (Å²) in [7, 11) is 0. The standard InChI is InChI=1S/C21H22Br2N4O2/c22-14-3-1-13(2-4-14)11-24-15-5-7-27(8-6-15)18-12-25-26-21(18)16-9-17(23)20(29)10-19(16)28/h1-4,9-10,12,15,24,28-29H,5-8,11H2,(H,25,26). The highest BCUT2D eigenvalue weighted by Crippen LogP contribution is 2.40. The molecule has 0 radical (unpaired) electrons. The summed E-state index contributed by atoms with van der Waals surface area (Å²) in [5.41, 5.74) is 3.60. The molecule has 0 unspecified atom stereocenters. The average Bonchev–Trinajstić information content (AvgIpc) is 3.20. The van der Waals surface area contributed by atoms with Gasteiger partial charge in [0.25, 0.3) is 0 Å². The van der Waals surface area contributed by atoms with Gasteiger partial charge in [-0.05, 0) is 52.5 Å². The van der Waals surface area contributed by atoms with Crippen molar-refractivity contribution in [2.24, 2.45) is 0 Å². The van der Waals surface area contributed by atoms with Crippen LogP contribution < -0.4 is 10.2 Å². The Morgan fingerprint density at radius 1 is 1.07 bits per heavy atom. The van der Waals surface area contributed by atoms with Crippen LogP contribution in [0.2, 0.25) is 0 Å². The van der Waals surface area contributed by atoms with Gasteiger partial charge in [-0.1, -0.05) is 28.1 Å². The lowest BCUT2D eigenvalue weighted by Gasteiger charge is -2.34. The third-order valence-corrected chi connectivity index (χ3v) is 6.46. The van der Waals surface area contributed by atoms with Crippen molar-refractivity contribution in [3.63, 3.8) is 0 Å². The van der Waals surface area contributed by atoms with Gasteiger partial charge in [0.1, 0.15) is 11.5 Å². The van der Waals surface area contributed by atoms with Gasteiger partial charge in [-0.25, -0.2) is 0 Å². The molecular formula is C21H22Br2N4O2. The van der Waals surface area contributed by atoms with E-state index in [0.717, 1.165) is 48.3 Å². The van der Waals surface area contributed by atoms with E-state index in [1.54, 1.807) is 12.3 Å². The minimum absolute atomic E-state index is 0.00461. The Hall–Kier alpha value is -2.03. The molecule has 0 atom stereocenters. The average molecular weight is 522 g/mol. The molecule has 1 aliphatic rings. The summed E-state index contributed by atoms with van der Waals surface area (Å²) in [4.78, 5) is 2.29. The lowest BCUT2D eigenvalue weighted by molar-refractivity contribution is 0.414. The Morgan fingerprint density at radius 3 is 2.52 bits per heavy atom. The number of hydrogen-bond acceptors (Lipinski definition) is 5. The summed E-state index contributed by atoms with van der Waals surface area (Å²) < 4.78 is 1.62. The van der Waals surface area contributed by atoms with Crippen LogP contribution in [0, 0.1) is 0 Å². The molecule has 0 saturated carbocycles. The molecule has 152 valence electrons. The number of aromatic nitrogens is 2. The maximum absolute atomic E-state index is 10.3. The number of phenolic OH excluding ortho intramolecular Hbond substituents is 2. The predicted molar refractivity (Wildman–Crippen MR) is 121 cm³/mol. The van der Waals surface area contributed by atoms with Gasteiger partial charge in [-0.15, -0.1) is 0 Å². The van der Waals surface area contributed by atoms with Gasteiger partial charge in [0.2, 0.25) is 0 Å². The molecular weight excluding hydrogens is 500 g/mol. The van der Waals surface area contributed by atoms with Gasteiger partial charge < -0.3 is 20.4 Å². The molecule has 0 bridgehead atoms. The molecule has 4 N–H and O–H groups in total. The summed E-state index contributed by atoms with van der Waals surface area (Å²) in [5, 5.41) is 30.9. The van der Waals surface area contributed by atoms with E-state index >= 15 is 0 Å². The van der Waals surface area contributed by atoms with Crippen LogP contribution in [0.15, 0.2) is 51.5 Å². The second-order valence-corrected chi connectivity index (χ2v) is 8.99. The van der Waals surface area contributed by atoms with Crippen LogP contribution in [-0.2, 0) is 6.54 Å². The van der Waals surface area contributed by atoms with Gasteiger partial charge >= 0.3 is 0 Å². The first-order valence-electron chi connectivity index (χ1n) is 9.49. The number of aromatic hydroxyl groups is 2. The minimum atomic E-state index is 0.00461. The zero-order valence-corrected chi connectivity index (χ0v) is 18.9. The fourth-order valence-electron chi connectivity index (χ4n) is 3.66. The SMILES string of the molecule is Oc1cc(O)c(-c2[nH]ncc2N2CCC(NCc3ccc(Br)cc3)CC2)cc1Br. The minimum Gasteiger partial charge on any atom is -0.507 e. The Morgan fingerprint density at radius 2 is 1.79 bits per heavy atom. The number of hydrogen-bond donors (Lipinski definition) is 4. The molecule has 8 heteroatoms. The molecule has 29 heavy (non-hydrogen) atoms. The summed E-state index contributed by atoms with van der Waals surface area (Å²) in [6.45, 7) is 2.68. The molecule has 3 aromatic rings. The number of piperidine rings is 1. The quantitative estimate of drug-likeness (QED) is 0.388. The number of benzene rings is 2. The molecule has 0 aliphatic carbocycles. The third kappa shape index (κ3) is 4.60. The normalized spacial score (nSPS) is 15.0. The monoisotopic (exact) mass is 520 g/mol. The van der Waals surface area contributed by atoms with Crippen molar-refractivity contribution in [3.05, 3.63) is 57.1 Å². The first-order valence-corrected chi connectivity index (χ1v) is 11.1. The molecule has 1 aromatic heterocycles. The zero-order chi connectivity index (χ0) is 20.4. The third-order valence-electron chi connectivity index (χ3n) is 5.30. The van der Waals surface area contributed by atoms with Crippen LogP contribution in [0.25, 0.3) is 11.3 Å². The summed E-state index contributed by atoms with van der Waals surface area (Å²) in [6, 6.07) is 11.9. The molecule has 6 nitrogen and oxygen atoms in total. The number of H-pyrrole nitrogens is 1. The molecule has 1 fully saturated rings. The molecule has 0 amide bonds. The molecule has 1 aliphatic heterocycles. The number of halogens is 2. The van der Waals surface area contributed by atoms with Crippen LogP contribution in [0.5, 0.6) is 11.5 Å². The highest BCUT2D eigenvalue weighted by molar-refractivity contribution is 9.10. The van der Waals surface area contributed by atoms with Crippen LogP contribution in [0.3, 0.4) is 0 Å². The lowest BCUT2D eigenvalue weighted by atomic mass is 10.0. The van der Waals surface area contributed by atoms with Crippen molar-refractivity contribution in [2.75, 3.05) is 18.0 Å². The second kappa shape index (κ2) is 8.77. The van der Waals surface area contributed by atoms with Gasteiger partial charge in [-0.2, -0.15) is 5.10 Å². The maximum atomic E-state index is 10.3. The van der Waals surface area contributed by atoms with Crippen molar-refractivity contribution in [1.82, 2.24) is 15.5 Å². The Bertz CT molecular complexity index is 983. The number of phenols is 2. The van der Waals surface area contributed by atoms with E-state index < -0.39 is 0 Å². The fourth-order valence-corrected chi connectivity index (χ4v) is 4.27. The highest BCUT2D eigenvalue weighted by Gasteiger charge is 2.23. The van der Waals surface area contributed by atoms with Crippen molar-refractivity contribution >= 4 is 37.5 Å². The molecule has 2 aromatic carbocycles. The highest BCUT2D eigenvalue weighted by atomic mass is 79.9. The number of nitrogens with one attached hydrogen (secondary N) is 2. The summed E-state index contributed by atoms with van der Waals surface area (Å²) in [5.74, 6) is 0.0206. The Kier molecular flexibility index (Phi) is 6.12. The Labute approximate surface area is 186 Å². The molecule has 0 spiro atoms. The maximum Gasteiger partial charge on any atom is 0.133 e. The van der Waals surface area contributed by atoms with Crippen LogP contribution in [0.1, 0.15) is 18.4 Å². The Balaban J connectivity index is 1.40. The first-order chi connectivity index (χ1) is 14.0. The van der Waals surface area contributed by atoms with Crippen molar-refractivity contribution in [2.45, 2.75) is 25.4 Å². The van der Waals surface area contributed by atoms with Crippen molar-refractivity contribution in [1.29, 1.82) is 0 Å². The van der Waals surface area contributed by atoms with Crippen LogP contribution in [0.4, 0.5) is 5.69 Å². The summed E-state index contributed by atoms with van der Waals surface area (Å²) >= 11 is 6.78. The number of anilines is 1.